The number of hydrogen-bond acceptors (Lipinski definition) is 5. The van der Waals surface area contributed by atoms with E-state index in [1.807, 2.05) is 19.9 Å². The van der Waals surface area contributed by atoms with Gasteiger partial charge in [0.05, 0.1) is 17.9 Å². The molecule has 0 saturated carbocycles. The summed E-state index contributed by atoms with van der Waals surface area (Å²) >= 11 is 0. The summed E-state index contributed by atoms with van der Waals surface area (Å²) in [6, 6.07) is 3.57. The van der Waals surface area contributed by atoms with E-state index in [-0.39, 0.29) is 17.1 Å². The second-order valence-electron chi connectivity index (χ2n) is 6.68. The molecule has 0 unspecified atom stereocenters. The molecule has 3 heterocycles. The third kappa shape index (κ3) is 2.06. The number of primary amides is 1. The van der Waals surface area contributed by atoms with Crippen molar-refractivity contribution in [2.75, 3.05) is 12.3 Å². The maximum Gasteiger partial charge on any atom is 0.253 e. The zero-order chi connectivity index (χ0) is 18.7. The van der Waals surface area contributed by atoms with E-state index in [2.05, 4.69) is 4.98 Å². The predicted octanol–water partition coefficient (Wildman–Crippen LogP) is 2.27. The summed E-state index contributed by atoms with van der Waals surface area (Å²) in [5, 5.41) is 11.0. The Balaban J connectivity index is 2.20. The number of carbonyl (C=O) groups excluding carboxylic acids is 1. The molecule has 7 nitrogen and oxygen atoms in total. The quantitative estimate of drug-likeness (QED) is 0.654. The molecular weight excluding hydrogens is 332 g/mol. The van der Waals surface area contributed by atoms with Gasteiger partial charge in [0.25, 0.3) is 5.91 Å². The first-order valence-electron chi connectivity index (χ1n) is 8.37. The number of phenolic OH excluding ortho intramolecular Hbond substituents is 1. The number of ether oxygens (including phenoxy) is 1. The van der Waals surface area contributed by atoms with Crippen LogP contribution in [0.3, 0.4) is 0 Å². The molecule has 0 atom stereocenters. The van der Waals surface area contributed by atoms with Crippen molar-refractivity contribution in [3.05, 3.63) is 40.1 Å². The lowest BCUT2D eigenvalue weighted by Crippen LogP contribution is -2.14. The third-order valence-electron chi connectivity index (χ3n) is 5.07. The summed E-state index contributed by atoms with van der Waals surface area (Å²) in [6.45, 7) is 6.12. The van der Waals surface area contributed by atoms with Crippen LogP contribution in [0.4, 0.5) is 5.82 Å². The van der Waals surface area contributed by atoms with Crippen molar-refractivity contribution < 1.29 is 14.6 Å². The highest BCUT2D eigenvalue weighted by molar-refractivity contribution is 6.11. The number of hydrogen-bond donors (Lipinski definition) is 3. The summed E-state index contributed by atoms with van der Waals surface area (Å²) in [5.41, 5.74) is 16.6. The largest absolute Gasteiger partial charge is 0.508 e. The van der Waals surface area contributed by atoms with Crippen molar-refractivity contribution in [2.24, 2.45) is 5.73 Å². The number of anilines is 1. The van der Waals surface area contributed by atoms with Gasteiger partial charge in [-0.05, 0) is 38.5 Å². The topological polar surface area (TPSA) is 116 Å². The minimum absolute atomic E-state index is 0.148. The van der Waals surface area contributed by atoms with E-state index in [1.165, 1.54) is 0 Å². The van der Waals surface area contributed by atoms with E-state index in [9.17, 15) is 9.90 Å². The minimum Gasteiger partial charge on any atom is -0.508 e. The highest BCUT2D eigenvalue weighted by atomic mass is 16.5. The minimum atomic E-state index is -0.619. The van der Waals surface area contributed by atoms with Crippen LogP contribution >= 0.6 is 0 Å². The molecule has 1 aromatic carbocycles. The molecular formula is C19H20N4O3. The van der Waals surface area contributed by atoms with Crippen molar-refractivity contribution in [2.45, 2.75) is 27.2 Å². The van der Waals surface area contributed by atoms with Crippen molar-refractivity contribution in [1.29, 1.82) is 0 Å². The molecule has 2 aromatic heterocycles. The zero-order valence-electron chi connectivity index (χ0n) is 14.9. The molecule has 0 spiro atoms. The molecule has 0 aliphatic carbocycles. The summed E-state index contributed by atoms with van der Waals surface area (Å²) in [4.78, 5) is 16.7. The van der Waals surface area contributed by atoms with E-state index in [0.717, 1.165) is 16.8 Å². The van der Waals surface area contributed by atoms with Crippen molar-refractivity contribution >= 4 is 22.8 Å². The van der Waals surface area contributed by atoms with Crippen LogP contribution in [0, 0.1) is 20.8 Å². The number of aryl methyl sites for hydroxylation is 2. The number of rotatable bonds is 2. The Hall–Kier alpha value is -3.22. The van der Waals surface area contributed by atoms with E-state index in [0.29, 0.717) is 41.1 Å². The van der Waals surface area contributed by atoms with Gasteiger partial charge in [-0.1, -0.05) is 0 Å². The lowest BCUT2D eigenvalue weighted by Gasteiger charge is -2.16. The van der Waals surface area contributed by atoms with Crippen molar-refractivity contribution in [3.8, 4) is 17.2 Å². The van der Waals surface area contributed by atoms with Gasteiger partial charge in [0.2, 0.25) is 0 Å². The fraction of sp³-hybridized carbons (Fsp3) is 0.263. The van der Waals surface area contributed by atoms with Crippen LogP contribution in [-0.4, -0.2) is 27.2 Å². The Morgan fingerprint density at radius 2 is 2.04 bits per heavy atom. The number of aromatic nitrogens is 2. The number of phenols is 1. The van der Waals surface area contributed by atoms with Crippen molar-refractivity contribution in [1.82, 2.24) is 9.55 Å². The number of nitrogens with zero attached hydrogens (tertiary/aromatic N) is 2. The second-order valence-corrected chi connectivity index (χ2v) is 6.68. The van der Waals surface area contributed by atoms with Crippen LogP contribution in [0.5, 0.6) is 11.5 Å². The first kappa shape index (κ1) is 16.3. The van der Waals surface area contributed by atoms with E-state index < -0.39 is 5.91 Å². The van der Waals surface area contributed by atoms with Gasteiger partial charge in [0.1, 0.15) is 23.0 Å². The van der Waals surface area contributed by atoms with Gasteiger partial charge in [-0.3, -0.25) is 9.36 Å². The van der Waals surface area contributed by atoms with Gasteiger partial charge in [-0.25, -0.2) is 4.98 Å². The molecule has 4 rings (SSSR count). The second kappa shape index (κ2) is 5.39. The number of benzene rings is 1. The molecule has 7 heteroatoms. The fourth-order valence-electron chi connectivity index (χ4n) is 3.56. The standard InChI is InChI=1S/C19H20N4O3/c1-8-6-12-14(18(21)25)17(20)23(19(12)22-10(8)3)15-9(2)13(24)7-11-4-5-26-16(11)15/h6-7,24H,4-5,20H2,1-3H3,(H2,21,25). The van der Waals surface area contributed by atoms with Gasteiger partial charge in [-0.15, -0.1) is 0 Å². The molecule has 5 N–H and O–H groups in total. The molecule has 0 fully saturated rings. The molecule has 0 radical (unpaired) electrons. The average molecular weight is 352 g/mol. The van der Waals surface area contributed by atoms with Crippen LogP contribution in [0.15, 0.2) is 12.1 Å². The number of nitrogen functional groups attached to an aromatic ring is 1. The Morgan fingerprint density at radius 1 is 1.31 bits per heavy atom. The van der Waals surface area contributed by atoms with Gasteiger partial charge >= 0.3 is 0 Å². The van der Waals surface area contributed by atoms with Crippen LogP contribution in [-0.2, 0) is 6.42 Å². The maximum atomic E-state index is 12.1. The lowest BCUT2D eigenvalue weighted by atomic mass is 10.1. The molecule has 1 aliphatic heterocycles. The van der Waals surface area contributed by atoms with Crippen LogP contribution in [0.2, 0.25) is 0 Å². The third-order valence-corrected chi connectivity index (χ3v) is 5.07. The van der Waals surface area contributed by atoms with Gasteiger partial charge in [0, 0.05) is 28.6 Å². The van der Waals surface area contributed by atoms with Crippen LogP contribution < -0.4 is 16.2 Å². The number of amides is 1. The van der Waals surface area contributed by atoms with Gasteiger partial charge in [-0.2, -0.15) is 0 Å². The molecule has 3 aromatic rings. The molecule has 26 heavy (non-hydrogen) atoms. The van der Waals surface area contributed by atoms with Crippen LogP contribution in [0.25, 0.3) is 16.7 Å². The van der Waals surface area contributed by atoms with E-state index in [4.69, 9.17) is 16.2 Å². The highest BCUT2D eigenvalue weighted by Gasteiger charge is 2.28. The molecule has 0 bridgehead atoms. The summed E-state index contributed by atoms with van der Waals surface area (Å²) in [5.74, 6) is 0.373. The molecule has 0 saturated heterocycles. The van der Waals surface area contributed by atoms with Gasteiger partial charge < -0.3 is 21.3 Å². The first-order chi connectivity index (χ1) is 12.3. The SMILES string of the molecule is Cc1cc2c(C(N)=O)c(N)n(-c3c(C)c(O)cc4c3OCC4)c2nc1C. The average Bonchev–Trinajstić information content (AvgIpc) is 3.12. The monoisotopic (exact) mass is 352 g/mol. The number of carbonyl (C=O) groups is 1. The number of fused-ring (bicyclic) bond motifs is 2. The van der Waals surface area contributed by atoms with E-state index in [1.54, 1.807) is 17.6 Å². The fourth-order valence-corrected chi connectivity index (χ4v) is 3.56. The van der Waals surface area contributed by atoms with Crippen LogP contribution in [0.1, 0.15) is 32.7 Å². The van der Waals surface area contributed by atoms with Crippen molar-refractivity contribution in [3.63, 3.8) is 0 Å². The Morgan fingerprint density at radius 3 is 2.73 bits per heavy atom. The summed E-state index contributed by atoms with van der Waals surface area (Å²) in [6.07, 6.45) is 0.698. The Labute approximate surface area is 150 Å². The Kier molecular flexibility index (Phi) is 3.37. The summed E-state index contributed by atoms with van der Waals surface area (Å²) < 4.78 is 7.48. The predicted molar refractivity (Wildman–Crippen MR) is 99.1 cm³/mol. The molecule has 1 amide bonds. The first-order valence-corrected chi connectivity index (χ1v) is 8.37. The van der Waals surface area contributed by atoms with Gasteiger partial charge in [0.15, 0.2) is 0 Å². The number of aromatic hydroxyl groups is 1. The van der Waals surface area contributed by atoms with E-state index >= 15 is 0 Å². The highest BCUT2D eigenvalue weighted by Crippen LogP contribution is 2.43. The zero-order valence-corrected chi connectivity index (χ0v) is 14.9. The normalized spacial score (nSPS) is 13.0. The number of pyridine rings is 1. The Bertz CT molecular complexity index is 1100. The lowest BCUT2D eigenvalue weighted by molar-refractivity contribution is 0.100. The number of nitrogens with two attached hydrogens (primary N) is 2. The molecule has 1 aliphatic rings. The molecule has 134 valence electrons. The summed E-state index contributed by atoms with van der Waals surface area (Å²) in [7, 11) is 0. The maximum absolute atomic E-state index is 12.1. The smallest absolute Gasteiger partial charge is 0.253 e.